The molecule has 0 fully saturated rings. The first-order valence-corrected chi connectivity index (χ1v) is 11.6. The number of hydrogen-bond donors (Lipinski definition) is 0. The molecule has 3 heterocycles. The first kappa shape index (κ1) is 21.3. The van der Waals surface area contributed by atoms with Crippen molar-refractivity contribution >= 4 is 28.8 Å². The van der Waals surface area contributed by atoms with Crippen LogP contribution in [-0.2, 0) is 16.0 Å². The predicted octanol–water partition coefficient (Wildman–Crippen LogP) is 3.67. The lowest BCUT2D eigenvalue weighted by Gasteiger charge is -2.39. The zero-order valence-electron chi connectivity index (χ0n) is 18.4. The minimum atomic E-state index is -0.257. The zero-order valence-corrected chi connectivity index (χ0v) is 19.3. The van der Waals surface area contributed by atoms with E-state index in [4.69, 9.17) is 14.2 Å². The van der Waals surface area contributed by atoms with Gasteiger partial charge in [0, 0.05) is 11.4 Å². The van der Waals surface area contributed by atoms with Crippen molar-refractivity contribution in [1.29, 1.82) is 0 Å². The number of benzene rings is 2. The lowest BCUT2D eigenvalue weighted by atomic mass is 9.90. The van der Waals surface area contributed by atoms with Crippen LogP contribution in [0.2, 0.25) is 0 Å². The lowest BCUT2D eigenvalue weighted by Crippen LogP contribution is -2.49. The summed E-state index contributed by atoms with van der Waals surface area (Å²) < 4.78 is 16.6. The highest BCUT2D eigenvalue weighted by molar-refractivity contribution is 7.10. The van der Waals surface area contributed by atoms with Gasteiger partial charge in [-0.25, -0.2) is 0 Å². The molecule has 8 heteroatoms. The second kappa shape index (κ2) is 8.78. The number of nitrogens with zero attached hydrogens (tertiary/aromatic N) is 2. The highest BCUT2D eigenvalue weighted by Gasteiger charge is 2.36. The fraction of sp³-hybridized carbons (Fsp3) is 0.280. The second-order valence-corrected chi connectivity index (χ2v) is 8.88. The van der Waals surface area contributed by atoms with E-state index in [2.05, 4.69) is 0 Å². The van der Waals surface area contributed by atoms with Crippen LogP contribution < -0.4 is 19.1 Å². The molecule has 0 bridgehead atoms. The second-order valence-electron chi connectivity index (χ2n) is 7.90. The van der Waals surface area contributed by atoms with Crippen LogP contribution in [0.15, 0.2) is 53.9 Å². The van der Waals surface area contributed by atoms with E-state index < -0.39 is 0 Å². The summed E-state index contributed by atoms with van der Waals surface area (Å²) in [6, 6.07) is 15.0. The molecule has 0 saturated heterocycles. The molecule has 1 atom stereocenters. The number of anilines is 1. The summed E-state index contributed by atoms with van der Waals surface area (Å²) in [6.07, 6.45) is 0.691. The Morgan fingerprint density at radius 2 is 1.91 bits per heavy atom. The summed E-state index contributed by atoms with van der Waals surface area (Å²) in [7, 11) is 3.23. The van der Waals surface area contributed by atoms with Crippen LogP contribution in [0.4, 0.5) is 5.69 Å². The van der Waals surface area contributed by atoms with Gasteiger partial charge in [-0.1, -0.05) is 18.2 Å². The first-order valence-electron chi connectivity index (χ1n) is 10.7. The van der Waals surface area contributed by atoms with Gasteiger partial charge in [0.1, 0.15) is 12.3 Å². The molecule has 3 aromatic rings. The SMILES string of the molecule is COc1cc2c(cc1OC)C(c1cccs1)N(C(=O)CN1C(=O)COc3ccccc31)CC2. The molecule has 7 nitrogen and oxygen atoms in total. The van der Waals surface area contributed by atoms with E-state index in [1.165, 1.54) is 4.90 Å². The molecule has 2 aliphatic heterocycles. The standard InChI is InChI=1S/C25H24N2O5S/c1-30-20-12-16-9-10-26(25(22-8-5-11-33-22)17(16)13-21(20)31-2)23(28)14-27-18-6-3-4-7-19(18)32-15-24(27)29/h3-8,11-13,25H,9-10,14-15H2,1-2H3. The maximum absolute atomic E-state index is 13.7. The number of amides is 2. The fourth-order valence-corrected chi connectivity index (χ4v) is 5.38. The van der Waals surface area contributed by atoms with E-state index in [9.17, 15) is 9.59 Å². The highest BCUT2D eigenvalue weighted by Crippen LogP contribution is 2.42. The number of thiophene rings is 1. The van der Waals surface area contributed by atoms with Crippen molar-refractivity contribution in [2.24, 2.45) is 0 Å². The van der Waals surface area contributed by atoms with Gasteiger partial charge in [-0.05, 0) is 53.3 Å². The molecule has 2 aromatic carbocycles. The zero-order chi connectivity index (χ0) is 22.9. The van der Waals surface area contributed by atoms with Crippen LogP contribution in [0, 0.1) is 0 Å². The third-order valence-electron chi connectivity index (χ3n) is 6.11. The van der Waals surface area contributed by atoms with Crippen LogP contribution in [0.1, 0.15) is 22.0 Å². The van der Waals surface area contributed by atoms with Gasteiger partial charge in [0.05, 0.1) is 25.9 Å². The van der Waals surface area contributed by atoms with Crippen LogP contribution in [0.3, 0.4) is 0 Å². The van der Waals surface area contributed by atoms with E-state index >= 15 is 0 Å². The smallest absolute Gasteiger partial charge is 0.265 e. The topological polar surface area (TPSA) is 68.3 Å². The maximum atomic E-state index is 13.7. The number of carbonyl (C=O) groups is 2. The number of para-hydroxylation sites is 2. The minimum Gasteiger partial charge on any atom is -0.493 e. The molecule has 1 aromatic heterocycles. The molecule has 5 rings (SSSR count). The summed E-state index contributed by atoms with van der Waals surface area (Å²) in [5.41, 5.74) is 2.77. The number of ether oxygens (including phenoxy) is 3. The summed E-state index contributed by atoms with van der Waals surface area (Å²) in [4.78, 5) is 30.7. The number of hydrogen-bond acceptors (Lipinski definition) is 6. The Kier molecular flexibility index (Phi) is 5.68. The van der Waals surface area contributed by atoms with Gasteiger partial charge in [-0.3, -0.25) is 14.5 Å². The van der Waals surface area contributed by atoms with Gasteiger partial charge < -0.3 is 19.1 Å². The summed E-state index contributed by atoms with van der Waals surface area (Å²) in [5, 5.41) is 2.01. The molecule has 1 unspecified atom stereocenters. The molecule has 170 valence electrons. The number of fused-ring (bicyclic) bond motifs is 2. The quantitative estimate of drug-likeness (QED) is 0.577. The molecular weight excluding hydrogens is 440 g/mol. The van der Waals surface area contributed by atoms with E-state index in [1.54, 1.807) is 31.6 Å². The fourth-order valence-electron chi connectivity index (χ4n) is 4.52. The molecule has 33 heavy (non-hydrogen) atoms. The maximum Gasteiger partial charge on any atom is 0.265 e. The Labute approximate surface area is 196 Å². The molecule has 0 N–H and O–H groups in total. The van der Waals surface area contributed by atoms with Crippen molar-refractivity contribution in [1.82, 2.24) is 4.90 Å². The monoisotopic (exact) mass is 464 g/mol. The van der Waals surface area contributed by atoms with Gasteiger partial charge >= 0.3 is 0 Å². The van der Waals surface area contributed by atoms with Gasteiger partial charge in [0.2, 0.25) is 5.91 Å². The van der Waals surface area contributed by atoms with Crippen molar-refractivity contribution in [3.8, 4) is 17.2 Å². The van der Waals surface area contributed by atoms with Crippen LogP contribution in [0.25, 0.3) is 0 Å². The predicted molar refractivity (Wildman–Crippen MR) is 125 cm³/mol. The first-order chi connectivity index (χ1) is 16.1. The lowest BCUT2D eigenvalue weighted by molar-refractivity contribution is -0.133. The average Bonchev–Trinajstić information content (AvgIpc) is 3.38. The Balaban J connectivity index is 1.51. The molecular formula is C25H24N2O5S. The van der Waals surface area contributed by atoms with E-state index in [0.29, 0.717) is 35.9 Å². The number of rotatable bonds is 5. The minimum absolute atomic E-state index is 0.0380. The van der Waals surface area contributed by atoms with Crippen molar-refractivity contribution < 1.29 is 23.8 Å². The Bertz CT molecular complexity index is 1190. The van der Waals surface area contributed by atoms with Gasteiger partial charge in [0.15, 0.2) is 18.1 Å². The van der Waals surface area contributed by atoms with Crippen LogP contribution in [0.5, 0.6) is 17.2 Å². The Morgan fingerprint density at radius 1 is 1.12 bits per heavy atom. The molecule has 0 aliphatic carbocycles. The van der Waals surface area contributed by atoms with Crippen molar-refractivity contribution in [3.05, 3.63) is 69.9 Å². The largest absolute Gasteiger partial charge is 0.493 e. The summed E-state index contributed by atoms with van der Waals surface area (Å²) in [6.45, 7) is 0.437. The third-order valence-corrected chi connectivity index (χ3v) is 7.03. The Morgan fingerprint density at radius 3 is 2.67 bits per heavy atom. The summed E-state index contributed by atoms with van der Waals surface area (Å²) in [5.74, 6) is 1.58. The van der Waals surface area contributed by atoms with Crippen LogP contribution in [-0.4, -0.2) is 50.6 Å². The van der Waals surface area contributed by atoms with E-state index in [1.807, 2.05) is 52.7 Å². The summed E-state index contributed by atoms with van der Waals surface area (Å²) >= 11 is 1.61. The molecule has 2 amide bonds. The molecule has 2 aliphatic rings. The van der Waals surface area contributed by atoms with Gasteiger partial charge in [0.25, 0.3) is 5.91 Å². The van der Waals surface area contributed by atoms with Crippen LogP contribution >= 0.6 is 11.3 Å². The average molecular weight is 465 g/mol. The van der Waals surface area contributed by atoms with Crippen molar-refractivity contribution in [2.45, 2.75) is 12.5 Å². The van der Waals surface area contributed by atoms with E-state index in [0.717, 1.165) is 16.0 Å². The van der Waals surface area contributed by atoms with E-state index in [-0.39, 0.29) is 31.0 Å². The molecule has 0 radical (unpaired) electrons. The molecule has 0 saturated carbocycles. The molecule has 0 spiro atoms. The van der Waals surface area contributed by atoms with Gasteiger partial charge in [-0.2, -0.15) is 0 Å². The van der Waals surface area contributed by atoms with Crippen molar-refractivity contribution in [3.63, 3.8) is 0 Å². The Hall–Kier alpha value is -3.52. The highest BCUT2D eigenvalue weighted by atomic mass is 32.1. The normalized spacial score (nSPS) is 17.2. The third kappa shape index (κ3) is 3.80. The van der Waals surface area contributed by atoms with Gasteiger partial charge in [-0.15, -0.1) is 11.3 Å². The number of carbonyl (C=O) groups excluding carboxylic acids is 2. The van der Waals surface area contributed by atoms with Crippen molar-refractivity contribution in [2.75, 3.05) is 38.8 Å². The number of methoxy groups -OCH3 is 2.